The molecule has 2 radical (unpaired) electrons. The second-order valence-electron chi connectivity index (χ2n) is 5.33. The molecule has 0 bridgehead atoms. The minimum atomic E-state index is -0.698. The van der Waals surface area contributed by atoms with Gasteiger partial charge in [0.25, 0.3) is 0 Å². The number of fused-ring (bicyclic) bond motifs is 1. The van der Waals surface area contributed by atoms with E-state index < -0.39 is 17.5 Å². The third kappa shape index (κ3) is 3.32. The monoisotopic (exact) mass is 347 g/mol. The van der Waals surface area contributed by atoms with Crippen molar-refractivity contribution in [1.82, 2.24) is 4.57 Å². The lowest BCUT2D eigenvalue weighted by Crippen LogP contribution is -2.07. The second kappa shape index (κ2) is 6.95. The number of aromatic nitrogens is 1. The number of benzene rings is 2. The van der Waals surface area contributed by atoms with Crippen LogP contribution >= 0.6 is 11.8 Å². The molecule has 1 aromatic heterocycles. The van der Waals surface area contributed by atoms with Gasteiger partial charge in [0.2, 0.25) is 0 Å². The van der Waals surface area contributed by atoms with Gasteiger partial charge in [-0.25, -0.2) is 13.2 Å². The zero-order valence-electron chi connectivity index (χ0n) is 12.6. The molecule has 3 rings (SSSR count). The molecule has 2 nitrogen and oxygen atoms in total. The van der Waals surface area contributed by atoms with Crippen LogP contribution in [0.5, 0.6) is 0 Å². The van der Waals surface area contributed by atoms with Crippen molar-refractivity contribution in [3.8, 4) is 0 Å². The largest absolute Gasteiger partial charge is 0.396 e. The number of aliphatic hydroxyl groups excluding tert-OH is 1. The summed E-state index contributed by atoms with van der Waals surface area (Å²) in [4.78, 5) is 0.576. The number of aliphatic hydroxyl groups is 1. The Hall–Kier alpha value is -1.86. The highest BCUT2D eigenvalue weighted by Gasteiger charge is 2.16. The van der Waals surface area contributed by atoms with Crippen molar-refractivity contribution in [2.45, 2.75) is 11.4 Å². The van der Waals surface area contributed by atoms with Crippen LogP contribution < -0.4 is 5.46 Å². The molecule has 0 spiro atoms. The lowest BCUT2D eigenvalue weighted by molar-refractivity contribution is 0.322. The summed E-state index contributed by atoms with van der Waals surface area (Å²) >= 11 is 1.26. The fraction of sp³-hybridized carbons (Fsp3) is 0.176. The molecule has 1 N–H and O–H groups in total. The highest BCUT2D eigenvalue weighted by Crippen LogP contribution is 2.33. The van der Waals surface area contributed by atoms with Crippen LogP contribution in [0.4, 0.5) is 13.2 Å². The van der Waals surface area contributed by atoms with E-state index in [1.165, 1.54) is 23.9 Å². The van der Waals surface area contributed by atoms with Crippen LogP contribution in [0.3, 0.4) is 0 Å². The molecule has 7 heteroatoms. The molecule has 0 aliphatic heterocycles. The lowest BCUT2D eigenvalue weighted by Gasteiger charge is -2.08. The molecule has 0 aliphatic rings. The maximum absolute atomic E-state index is 14.2. The van der Waals surface area contributed by atoms with E-state index in [0.29, 0.717) is 27.2 Å². The summed E-state index contributed by atoms with van der Waals surface area (Å²) in [6.07, 6.45) is 1.64. The Kier molecular flexibility index (Phi) is 4.92. The average molecular weight is 347 g/mol. The highest BCUT2D eigenvalue weighted by atomic mass is 32.2. The predicted octanol–water partition coefficient (Wildman–Crippen LogP) is 2.99. The SMILES string of the molecule is [B]c1ccc(Cn2cc(SCCO)c3c(F)cc(F)cc32)c(F)c1. The topological polar surface area (TPSA) is 25.2 Å². The van der Waals surface area contributed by atoms with Crippen molar-refractivity contribution in [2.24, 2.45) is 0 Å². The van der Waals surface area contributed by atoms with E-state index in [1.54, 1.807) is 22.9 Å². The van der Waals surface area contributed by atoms with E-state index in [0.717, 1.165) is 6.07 Å². The number of nitrogens with zero attached hydrogens (tertiary/aromatic N) is 1. The Labute approximate surface area is 142 Å². The van der Waals surface area contributed by atoms with Crippen LogP contribution in [-0.2, 0) is 6.54 Å². The molecule has 0 aliphatic carbocycles. The molecule has 3 aromatic rings. The van der Waals surface area contributed by atoms with Gasteiger partial charge >= 0.3 is 0 Å². The Morgan fingerprint density at radius 3 is 2.58 bits per heavy atom. The number of hydrogen-bond donors (Lipinski definition) is 1. The van der Waals surface area contributed by atoms with E-state index >= 15 is 0 Å². The molecule has 0 amide bonds. The van der Waals surface area contributed by atoms with E-state index in [4.69, 9.17) is 13.0 Å². The minimum Gasteiger partial charge on any atom is -0.396 e. The summed E-state index contributed by atoms with van der Waals surface area (Å²) in [5.74, 6) is -1.47. The molecular formula is C17H13BF3NOS. The van der Waals surface area contributed by atoms with Gasteiger partial charge in [0.1, 0.15) is 25.3 Å². The molecule has 0 unspecified atom stereocenters. The molecule has 0 saturated heterocycles. The fourth-order valence-corrected chi connectivity index (χ4v) is 3.44. The molecule has 1 heterocycles. The molecule has 2 aromatic carbocycles. The molecule has 0 saturated carbocycles. The van der Waals surface area contributed by atoms with Crippen molar-refractivity contribution >= 4 is 36.0 Å². The van der Waals surface area contributed by atoms with Gasteiger partial charge in [-0.15, -0.1) is 11.8 Å². The van der Waals surface area contributed by atoms with Crippen molar-refractivity contribution < 1.29 is 18.3 Å². The normalized spacial score (nSPS) is 11.3. The summed E-state index contributed by atoms with van der Waals surface area (Å²) in [6.45, 7) is 0.0535. The third-order valence-corrected chi connectivity index (χ3v) is 4.64. The fourth-order valence-electron chi connectivity index (χ4n) is 2.58. The Balaban J connectivity index is 2.09. The zero-order valence-corrected chi connectivity index (χ0v) is 13.4. The van der Waals surface area contributed by atoms with Gasteiger partial charge in [0, 0.05) is 33.9 Å². The first-order valence-corrected chi connectivity index (χ1v) is 8.23. The van der Waals surface area contributed by atoms with Crippen LogP contribution in [0.25, 0.3) is 10.9 Å². The van der Waals surface area contributed by atoms with Gasteiger partial charge in [-0.1, -0.05) is 17.6 Å². The van der Waals surface area contributed by atoms with Crippen LogP contribution in [0, 0.1) is 17.5 Å². The number of halogens is 3. The summed E-state index contributed by atoms with van der Waals surface area (Å²) in [6, 6.07) is 6.37. The number of rotatable bonds is 5. The van der Waals surface area contributed by atoms with E-state index in [-0.39, 0.29) is 18.5 Å². The molecule has 0 atom stereocenters. The Bertz CT molecular complexity index is 897. The van der Waals surface area contributed by atoms with Gasteiger partial charge < -0.3 is 9.67 Å². The standard InChI is InChI=1S/C17H13BF3NOS/c18-11-2-1-10(13(20)5-11)8-22-9-16(24-4-3-23)17-14(21)6-12(19)7-15(17)22/h1-2,5-7,9,23H,3-4,8H2. The van der Waals surface area contributed by atoms with Gasteiger partial charge in [-0.05, 0) is 12.1 Å². The third-order valence-electron chi connectivity index (χ3n) is 3.63. The summed E-state index contributed by atoms with van der Waals surface area (Å²) < 4.78 is 43.4. The van der Waals surface area contributed by atoms with Crippen LogP contribution in [0.15, 0.2) is 41.4 Å². The summed E-state index contributed by atoms with van der Waals surface area (Å²) in [7, 11) is 5.54. The molecule has 0 fully saturated rings. The maximum Gasteiger partial charge on any atom is 0.136 e. The maximum atomic E-state index is 14.2. The van der Waals surface area contributed by atoms with E-state index in [9.17, 15) is 13.2 Å². The average Bonchev–Trinajstić information content (AvgIpc) is 2.86. The van der Waals surface area contributed by atoms with Crippen molar-refractivity contribution in [2.75, 3.05) is 12.4 Å². The van der Waals surface area contributed by atoms with E-state index in [2.05, 4.69) is 0 Å². The van der Waals surface area contributed by atoms with Crippen molar-refractivity contribution in [3.05, 3.63) is 59.5 Å². The first-order chi connectivity index (χ1) is 11.5. The second-order valence-corrected chi connectivity index (χ2v) is 6.46. The molecule has 122 valence electrons. The van der Waals surface area contributed by atoms with Crippen LogP contribution in [0.2, 0.25) is 0 Å². The van der Waals surface area contributed by atoms with Crippen molar-refractivity contribution in [3.63, 3.8) is 0 Å². The smallest absolute Gasteiger partial charge is 0.136 e. The first kappa shape index (κ1) is 17.0. The quantitative estimate of drug-likeness (QED) is 0.567. The molecule has 24 heavy (non-hydrogen) atoms. The van der Waals surface area contributed by atoms with Gasteiger partial charge in [0.05, 0.1) is 18.7 Å². The van der Waals surface area contributed by atoms with Crippen LogP contribution in [0.1, 0.15) is 5.56 Å². The Morgan fingerprint density at radius 2 is 1.88 bits per heavy atom. The molecular weight excluding hydrogens is 334 g/mol. The van der Waals surface area contributed by atoms with Crippen LogP contribution in [-0.4, -0.2) is 29.9 Å². The minimum absolute atomic E-state index is 0.0628. The Morgan fingerprint density at radius 1 is 1.08 bits per heavy atom. The first-order valence-electron chi connectivity index (χ1n) is 7.25. The lowest BCUT2D eigenvalue weighted by atomic mass is 9.95. The van der Waals surface area contributed by atoms with Gasteiger partial charge in [-0.2, -0.15) is 0 Å². The predicted molar refractivity (Wildman–Crippen MR) is 90.6 cm³/mol. The highest BCUT2D eigenvalue weighted by molar-refractivity contribution is 7.99. The number of thioether (sulfide) groups is 1. The van der Waals surface area contributed by atoms with Gasteiger partial charge in [0.15, 0.2) is 0 Å². The number of hydrogen-bond acceptors (Lipinski definition) is 2. The zero-order chi connectivity index (χ0) is 17.3. The van der Waals surface area contributed by atoms with Crippen molar-refractivity contribution in [1.29, 1.82) is 0 Å². The van der Waals surface area contributed by atoms with E-state index in [1.807, 2.05) is 0 Å². The summed E-state index contributed by atoms with van der Waals surface area (Å²) in [5, 5.41) is 9.24. The summed E-state index contributed by atoms with van der Waals surface area (Å²) in [5.41, 5.74) is 1.01. The van der Waals surface area contributed by atoms with Gasteiger partial charge in [-0.3, -0.25) is 0 Å².